The fraction of sp³-hybridized carbons (Fsp3) is 0.375. The molecule has 0 aromatic heterocycles. The molecule has 1 nitrogen and oxygen atoms in total. The lowest BCUT2D eigenvalue weighted by Gasteiger charge is -2.27. The van der Waals surface area contributed by atoms with Crippen LogP contribution < -0.4 is 4.74 Å². The van der Waals surface area contributed by atoms with E-state index < -0.39 is 11.6 Å². The lowest BCUT2D eigenvalue weighted by Crippen LogP contribution is -2.11. The van der Waals surface area contributed by atoms with Crippen LogP contribution in [0.4, 0.5) is 8.78 Å². The molecule has 35 heavy (non-hydrogen) atoms. The number of methoxy groups -OCH3 is 1. The van der Waals surface area contributed by atoms with Crippen molar-refractivity contribution in [3.05, 3.63) is 101 Å². The molecule has 184 valence electrons. The summed E-state index contributed by atoms with van der Waals surface area (Å²) in [5, 5.41) is 0. The number of hydrogen-bond acceptors (Lipinski definition) is 1. The molecule has 0 amide bonds. The van der Waals surface area contributed by atoms with Crippen LogP contribution in [0.25, 0.3) is 11.1 Å². The van der Waals surface area contributed by atoms with E-state index in [4.69, 9.17) is 4.74 Å². The summed E-state index contributed by atoms with van der Waals surface area (Å²) in [7, 11) is 1.34. The first-order valence-electron chi connectivity index (χ1n) is 13.0. The van der Waals surface area contributed by atoms with E-state index in [9.17, 15) is 8.78 Å². The average molecular weight is 475 g/mol. The van der Waals surface area contributed by atoms with Crippen LogP contribution in [-0.4, -0.2) is 7.11 Å². The van der Waals surface area contributed by atoms with Crippen molar-refractivity contribution in [2.45, 2.75) is 64.2 Å². The minimum atomic E-state index is -0.940. The van der Waals surface area contributed by atoms with Gasteiger partial charge < -0.3 is 4.74 Å². The summed E-state index contributed by atoms with van der Waals surface area (Å²) < 4.78 is 33.4. The third-order valence-corrected chi connectivity index (χ3v) is 7.30. The third-order valence-electron chi connectivity index (χ3n) is 7.30. The highest BCUT2D eigenvalue weighted by Crippen LogP contribution is 2.37. The molecular formula is C32H36F2O. The van der Waals surface area contributed by atoms with Gasteiger partial charge in [0.15, 0.2) is 11.6 Å². The predicted octanol–water partition coefficient (Wildman–Crippen LogP) is 9.06. The lowest BCUT2D eigenvalue weighted by molar-refractivity contribution is 0.372. The van der Waals surface area contributed by atoms with Crippen molar-refractivity contribution in [2.24, 2.45) is 5.92 Å². The molecule has 3 aromatic carbocycles. The van der Waals surface area contributed by atoms with Crippen LogP contribution in [-0.2, 0) is 12.8 Å². The molecule has 0 N–H and O–H groups in total. The number of halogens is 2. The summed E-state index contributed by atoms with van der Waals surface area (Å²) in [6, 6.07) is 20.1. The van der Waals surface area contributed by atoms with E-state index >= 15 is 0 Å². The van der Waals surface area contributed by atoms with Crippen molar-refractivity contribution in [1.29, 1.82) is 0 Å². The fourth-order valence-electron chi connectivity index (χ4n) is 5.19. The molecule has 3 aromatic rings. The van der Waals surface area contributed by atoms with Gasteiger partial charge in [0.25, 0.3) is 0 Å². The van der Waals surface area contributed by atoms with Gasteiger partial charge in [-0.15, -0.1) is 0 Å². The maximum atomic E-state index is 14.4. The van der Waals surface area contributed by atoms with Crippen molar-refractivity contribution in [3.8, 4) is 16.9 Å². The van der Waals surface area contributed by atoms with Crippen molar-refractivity contribution < 1.29 is 13.5 Å². The highest BCUT2D eigenvalue weighted by atomic mass is 19.2. The van der Waals surface area contributed by atoms with Crippen molar-refractivity contribution >= 4 is 0 Å². The zero-order valence-corrected chi connectivity index (χ0v) is 20.9. The van der Waals surface area contributed by atoms with Crippen LogP contribution in [0.5, 0.6) is 5.75 Å². The highest BCUT2D eigenvalue weighted by Gasteiger charge is 2.21. The van der Waals surface area contributed by atoms with E-state index in [1.54, 1.807) is 6.07 Å². The quantitative estimate of drug-likeness (QED) is 0.281. The molecule has 3 heteroatoms. The molecule has 1 fully saturated rings. The second kappa shape index (κ2) is 12.2. The number of hydrogen-bond donors (Lipinski definition) is 0. The smallest absolute Gasteiger partial charge is 0.201 e. The monoisotopic (exact) mass is 474 g/mol. The van der Waals surface area contributed by atoms with E-state index in [0.29, 0.717) is 17.4 Å². The second-order valence-electron chi connectivity index (χ2n) is 9.71. The maximum Gasteiger partial charge on any atom is 0.201 e. The normalized spacial score (nSPS) is 18.2. The summed E-state index contributed by atoms with van der Waals surface area (Å²) in [6.45, 7) is 2.22. The molecule has 1 saturated carbocycles. The van der Waals surface area contributed by atoms with Crippen LogP contribution in [0, 0.1) is 17.6 Å². The predicted molar refractivity (Wildman–Crippen MR) is 141 cm³/mol. The number of rotatable bonds is 9. The Balaban J connectivity index is 1.26. The Kier molecular flexibility index (Phi) is 8.74. The molecule has 0 atom stereocenters. The van der Waals surface area contributed by atoms with Crippen LogP contribution >= 0.6 is 0 Å². The number of allylic oxidation sites excluding steroid dienone is 2. The summed E-state index contributed by atoms with van der Waals surface area (Å²) in [5.41, 5.74) is 5.08. The molecule has 0 heterocycles. The zero-order valence-electron chi connectivity index (χ0n) is 20.9. The first kappa shape index (κ1) is 25.2. The van der Waals surface area contributed by atoms with Gasteiger partial charge in [0.05, 0.1) is 7.11 Å². The minimum Gasteiger partial charge on any atom is -0.494 e. The Morgan fingerprint density at radius 2 is 1.46 bits per heavy atom. The topological polar surface area (TPSA) is 9.23 Å². The van der Waals surface area contributed by atoms with Gasteiger partial charge >= 0.3 is 0 Å². The average Bonchev–Trinajstić information content (AvgIpc) is 2.90. The first-order chi connectivity index (χ1) is 17.1. The minimum absolute atomic E-state index is 0.0743. The van der Waals surface area contributed by atoms with E-state index in [1.807, 2.05) is 12.1 Å². The summed E-state index contributed by atoms with van der Waals surface area (Å²) >= 11 is 0. The summed E-state index contributed by atoms with van der Waals surface area (Å²) in [6.07, 6.45) is 14.1. The van der Waals surface area contributed by atoms with Crippen LogP contribution in [0.1, 0.15) is 68.1 Å². The van der Waals surface area contributed by atoms with Crippen molar-refractivity contribution in [1.82, 2.24) is 0 Å². The van der Waals surface area contributed by atoms with E-state index in [-0.39, 0.29) is 11.3 Å². The van der Waals surface area contributed by atoms with Gasteiger partial charge in [-0.2, -0.15) is 4.39 Å². The van der Waals surface area contributed by atoms with Gasteiger partial charge in [-0.05, 0) is 91.2 Å². The Morgan fingerprint density at radius 1 is 0.800 bits per heavy atom. The van der Waals surface area contributed by atoms with Crippen molar-refractivity contribution in [3.63, 3.8) is 0 Å². The maximum absolute atomic E-state index is 14.4. The van der Waals surface area contributed by atoms with Gasteiger partial charge in [0, 0.05) is 5.56 Å². The zero-order chi connectivity index (χ0) is 24.6. The molecule has 0 radical (unpaired) electrons. The molecule has 0 unspecified atom stereocenters. The Bertz CT molecular complexity index is 1110. The van der Waals surface area contributed by atoms with Gasteiger partial charge in [-0.1, -0.05) is 74.0 Å². The molecule has 1 aliphatic carbocycles. The van der Waals surface area contributed by atoms with Gasteiger partial charge in [0.1, 0.15) is 0 Å². The Hall–Kier alpha value is -2.94. The number of aryl methyl sites for hydroxylation is 2. The van der Waals surface area contributed by atoms with Gasteiger partial charge in [0.2, 0.25) is 5.82 Å². The Labute approximate surface area is 208 Å². The first-order valence-corrected chi connectivity index (χ1v) is 13.0. The molecule has 1 aliphatic rings. The molecule has 0 bridgehead atoms. The molecule has 0 spiro atoms. The van der Waals surface area contributed by atoms with E-state index in [1.165, 1.54) is 62.0 Å². The Morgan fingerprint density at radius 3 is 2.09 bits per heavy atom. The highest BCUT2D eigenvalue weighted by molar-refractivity contribution is 5.65. The number of benzene rings is 3. The molecule has 0 aliphatic heterocycles. The standard InChI is InChI=1S/C32H36F2O/c1-3-6-23-9-11-24(12-10-23)7-4-5-8-25-13-15-26(16-14-25)27-17-19-28(20-18-27)29-21-22-30(35-2)32(34)31(29)33/h5,8-12,17-22,25-26H,3-4,6-7,13-16H2,1-2H3. The van der Waals surface area contributed by atoms with Crippen LogP contribution in [0.15, 0.2) is 72.8 Å². The molecule has 0 saturated heterocycles. The van der Waals surface area contributed by atoms with Gasteiger partial charge in [-0.25, -0.2) is 4.39 Å². The molecular weight excluding hydrogens is 438 g/mol. The van der Waals surface area contributed by atoms with E-state index in [0.717, 1.165) is 19.3 Å². The lowest BCUT2D eigenvalue weighted by atomic mass is 9.78. The van der Waals surface area contributed by atoms with Crippen LogP contribution in [0.3, 0.4) is 0 Å². The van der Waals surface area contributed by atoms with E-state index in [2.05, 4.69) is 55.5 Å². The SMILES string of the molecule is CCCc1ccc(CCC=CC2CCC(c3ccc(-c4ccc(OC)c(F)c4F)cc3)CC2)cc1. The number of ether oxygens (including phenoxy) is 1. The van der Waals surface area contributed by atoms with Crippen molar-refractivity contribution in [2.75, 3.05) is 7.11 Å². The van der Waals surface area contributed by atoms with Crippen LogP contribution in [0.2, 0.25) is 0 Å². The molecule has 4 rings (SSSR count). The van der Waals surface area contributed by atoms with Gasteiger partial charge in [-0.3, -0.25) is 0 Å². The summed E-state index contributed by atoms with van der Waals surface area (Å²) in [5.74, 6) is -0.681. The fourth-order valence-corrected chi connectivity index (χ4v) is 5.19. The third kappa shape index (κ3) is 6.39. The second-order valence-corrected chi connectivity index (χ2v) is 9.71. The summed E-state index contributed by atoms with van der Waals surface area (Å²) in [4.78, 5) is 0. The largest absolute Gasteiger partial charge is 0.494 e.